The number of hydrogen-bond acceptors (Lipinski definition) is 4. The summed E-state index contributed by atoms with van der Waals surface area (Å²) in [6.07, 6.45) is 7.22. The molecule has 0 aliphatic rings. The Balaban J connectivity index is 1.58. The predicted octanol–water partition coefficient (Wildman–Crippen LogP) is 2.71. The first-order chi connectivity index (χ1) is 12.7. The zero-order valence-electron chi connectivity index (χ0n) is 15.1. The van der Waals surface area contributed by atoms with Crippen LogP contribution >= 0.6 is 0 Å². The van der Waals surface area contributed by atoms with Gasteiger partial charge in [0.2, 0.25) is 0 Å². The Kier molecular flexibility index (Phi) is 5.63. The number of imidazole rings is 1. The molecular weight excluding hydrogens is 326 g/mol. The summed E-state index contributed by atoms with van der Waals surface area (Å²) in [4.78, 5) is 22.8. The van der Waals surface area contributed by atoms with E-state index in [1.54, 1.807) is 18.7 Å². The summed E-state index contributed by atoms with van der Waals surface area (Å²) in [5.41, 5.74) is 2.81. The maximum atomic E-state index is 12.4. The molecule has 3 rings (SSSR count). The number of carbonyl (C=O) groups is 1. The lowest BCUT2D eigenvalue weighted by Gasteiger charge is -2.16. The van der Waals surface area contributed by atoms with Crippen LogP contribution in [0.25, 0.3) is 0 Å². The smallest absolute Gasteiger partial charge is 0.251 e. The standard InChI is InChI=1S/C20H23N5O/c1-3-24(2)19-12-17(8-9-22-19)13-23-20(26)18-6-4-16(5-7-18)14-25-11-10-21-15-25/h4-12,15H,3,13-14H2,1-2H3,(H,23,26). The Morgan fingerprint density at radius 3 is 2.65 bits per heavy atom. The average molecular weight is 349 g/mol. The van der Waals surface area contributed by atoms with E-state index in [4.69, 9.17) is 0 Å². The van der Waals surface area contributed by atoms with E-state index in [9.17, 15) is 4.79 Å². The molecule has 0 atom stereocenters. The van der Waals surface area contributed by atoms with Gasteiger partial charge >= 0.3 is 0 Å². The van der Waals surface area contributed by atoms with E-state index in [1.165, 1.54) is 0 Å². The molecule has 1 amide bonds. The van der Waals surface area contributed by atoms with Crippen molar-refractivity contribution in [2.24, 2.45) is 0 Å². The first-order valence-corrected chi connectivity index (χ1v) is 8.64. The van der Waals surface area contributed by atoms with E-state index in [0.717, 1.165) is 30.0 Å². The van der Waals surface area contributed by atoms with Gasteiger partial charge in [-0.2, -0.15) is 0 Å². The number of anilines is 1. The van der Waals surface area contributed by atoms with E-state index in [1.807, 2.05) is 54.2 Å². The fraction of sp³-hybridized carbons (Fsp3) is 0.250. The molecule has 0 saturated carbocycles. The third-order valence-corrected chi connectivity index (χ3v) is 4.27. The number of carbonyl (C=O) groups excluding carboxylic acids is 1. The molecule has 6 heteroatoms. The molecule has 0 radical (unpaired) electrons. The van der Waals surface area contributed by atoms with Crippen molar-refractivity contribution in [1.82, 2.24) is 19.9 Å². The van der Waals surface area contributed by atoms with Crippen molar-refractivity contribution in [3.63, 3.8) is 0 Å². The molecule has 3 aromatic rings. The summed E-state index contributed by atoms with van der Waals surface area (Å²) in [6, 6.07) is 11.6. The average Bonchev–Trinajstić information content (AvgIpc) is 3.19. The van der Waals surface area contributed by atoms with Crippen LogP contribution in [-0.2, 0) is 13.1 Å². The molecule has 6 nitrogen and oxygen atoms in total. The number of benzene rings is 1. The number of hydrogen-bond donors (Lipinski definition) is 1. The first kappa shape index (κ1) is 17.7. The maximum absolute atomic E-state index is 12.4. The summed E-state index contributed by atoms with van der Waals surface area (Å²) in [7, 11) is 2.00. The second-order valence-corrected chi connectivity index (χ2v) is 6.15. The molecule has 0 aliphatic heterocycles. The van der Waals surface area contributed by atoms with Gasteiger partial charge in [-0.25, -0.2) is 9.97 Å². The van der Waals surface area contributed by atoms with Gasteiger partial charge in [0.25, 0.3) is 5.91 Å². The highest BCUT2D eigenvalue weighted by molar-refractivity contribution is 5.94. The number of pyridine rings is 1. The fourth-order valence-electron chi connectivity index (χ4n) is 2.58. The topological polar surface area (TPSA) is 63.1 Å². The number of nitrogens with one attached hydrogen (secondary N) is 1. The van der Waals surface area contributed by atoms with Gasteiger partial charge in [0.1, 0.15) is 5.82 Å². The third-order valence-electron chi connectivity index (χ3n) is 4.27. The van der Waals surface area contributed by atoms with Gasteiger partial charge in [-0.15, -0.1) is 0 Å². The van der Waals surface area contributed by atoms with Crippen LogP contribution < -0.4 is 10.2 Å². The van der Waals surface area contributed by atoms with Crippen molar-refractivity contribution in [1.29, 1.82) is 0 Å². The minimum atomic E-state index is -0.0820. The molecule has 0 bridgehead atoms. The normalized spacial score (nSPS) is 10.5. The summed E-state index contributed by atoms with van der Waals surface area (Å²) in [5, 5.41) is 2.96. The van der Waals surface area contributed by atoms with Crippen LogP contribution in [0.4, 0.5) is 5.82 Å². The lowest BCUT2D eigenvalue weighted by molar-refractivity contribution is 0.0951. The third kappa shape index (κ3) is 4.47. The van der Waals surface area contributed by atoms with Crippen LogP contribution in [0.5, 0.6) is 0 Å². The van der Waals surface area contributed by atoms with Crippen LogP contribution in [0.3, 0.4) is 0 Å². The highest BCUT2D eigenvalue weighted by Gasteiger charge is 2.07. The number of aromatic nitrogens is 3. The first-order valence-electron chi connectivity index (χ1n) is 8.64. The van der Waals surface area contributed by atoms with Crippen molar-refractivity contribution in [3.8, 4) is 0 Å². The number of amides is 1. The Labute approximate surface area is 153 Å². The molecule has 1 aromatic carbocycles. The van der Waals surface area contributed by atoms with E-state index in [-0.39, 0.29) is 5.91 Å². The molecule has 134 valence electrons. The van der Waals surface area contributed by atoms with E-state index >= 15 is 0 Å². The zero-order chi connectivity index (χ0) is 18.4. The van der Waals surface area contributed by atoms with E-state index in [2.05, 4.69) is 27.1 Å². The second-order valence-electron chi connectivity index (χ2n) is 6.15. The van der Waals surface area contributed by atoms with Crippen molar-refractivity contribution >= 4 is 11.7 Å². The Hall–Kier alpha value is -3.15. The van der Waals surface area contributed by atoms with Crippen LogP contribution in [0.15, 0.2) is 61.3 Å². The summed E-state index contributed by atoms with van der Waals surface area (Å²) in [5.74, 6) is 0.824. The lowest BCUT2D eigenvalue weighted by Crippen LogP contribution is -2.23. The van der Waals surface area contributed by atoms with Gasteiger partial charge in [-0.3, -0.25) is 4.79 Å². The second kappa shape index (κ2) is 8.29. The zero-order valence-corrected chi connectivity index (χ0v) is 15.1. The van der Waals surface area contributed by atoms with Gasteiger partial charge < -0.3 is 14.8 Å². The molecule has 0 fully saturated rings. The van der Waals surface area contributed by atoms with Crippen molar-refractivity contribution in [2.75, 3.05) is 18.5 Å². The summed E-state index contributed by atoms with van der Waals surface area (Å²) in [6.45, 7) is 4.18. The Morgan fingerprint density at radius 2 is 1.96 bits per heavy atom. The van der Waals surface area contributed by atoms with Crippen LogP contribution in [0.2, 0.25) is 0 Å². The maximum Gasteiger partial charge on any atom is 0.251 e. The molecule has 26 heavy (non-hydrogen) atoms. The SMILES string of the molecule is CCN(C)c1cc(CNC(=O)c2ccc(Cn3ccnc3)cc2)ccn1. The number of rotatable bonds is 7. The summed E-state index contributed by atoms with van der Waals surface area (Å²) < 4.78 is 1.99. The van der Waals surface area contributed by atoms with Gasteiger partial charge in [-0.1, -0.05) is 12.1 Å². The van der Waals surface area contributed by atoms with E-state index < -0.39 is 0 Å². The van der Waals surface area contributed by atoms with Crippen LogP contribution in [-0.4, -0.2) is 34.0 Å². The van der Waals surface area contributed by atoms with Gasteiger partial charge in [0.05, 0.1) is 6.33 Å². The predicted molar refractivity (Wildman–Crippen MR) is 102 cm³/mol. The molecule has 0 aliphatic carbocycles. The Morgan fingerprint density at radius 1 is 1.15 bits per heavy atom. The quantitative estimate of drug-likeness (QED) is 0.712. The highest BCUT2D eigenvalue weighted by Crippen LogP contribution is 2.11. The number of nitrogens with zero attached hydrogens (tertiary/aromatic N) is 4. The van der Waals surface area contributed by atoms with Crippen molar-refractivity contribution < 1.29 is 4.79 Å². The molecular formula is C20H23N5O. The largest absolute Gasteiger partial charge is 0.360 e. The minimum absolute atomic E-state index is 0.0820. The van der Waals surface area contributed by atoms with Gasteiger partial charge in [0, 0.05) is 50.8 Å². The van der Waals surface area contributed by atoms with Gasteiger partial charge in [0.15, 0.2) is 0 Å². The van der Waals surface area contributed by atoms with Crippen molar-refractivity contribution in [3.05, 3.63) is 78.0 Å². The lowest BCUT2D eigenvalue weighted by atomic mass is 10.1. The van der Waals surface area contributed by atoms with Crippen molar-refractivity contribution in [2.45, 2.75) is 20.0 Å². The molecule has 1 N–H and O–H groups in total. The van der Waals surface area contributed by atoms with E-state index in [0.29, 0.717) is 12.1 Å². The van der Waals surface area contributed by atoms with Crippen LogP contribution in [0.1, 0.15) is 28.4 Å². The summed E-state index contributed by atoms with van der Waals surface area (Å²) >= 11 is 0. The molecule has 0 spiro atoms. The minimum Gasteiger partial charge on any atom is -0.360 e. The Bertz CT molecular complexity index is 843. The molecule has 0 saturated heterocycles. The molecule has 0 unspecified atom stereocenters. The van der Waals surface area contributed by atoms with Crippen LogP contribution in [0, 0.1) is 0 Å². The van der Waals surface area contributed by atoms with Gasteiger partial charge in [-0.05, 0) is 42.3 Å². The highest BCUT2D eigenvalue weighted by atomic mass is 16.1. The monoisotopic (exact) mass is 349 g/mol. The fourth-order valence-corrected chi connectivity index (χ4v) is 2.58. The molecule has 2 aromatic heterocycles. The molecule has 2 heterocycles.